The highest BCUT2D eigenvalue weighted by atomic mass is 16.5. The van der Waals surface area contributed by atoms with E-state index in [1.807, 2.05) is 11.7 Å². The molecule has 5 nitrogen and oxygen atoms in total. The van der Waals surface area contributed by atoms with Crippen molar-refractivity contribution in [3.63, 3.8) is 0 Å². The van der Waals surface area contributed by atoms with Gasteiger partial charge in [0.15, 0.2) is 0 Å². The highest BCUT2D eigenvalue weighted by Gasteiger charge is 2.25. The van der Waals surface area contributed by atoms with Gasteiger partial charge in [0.1, 0.15) is 12.2 Å². The molecule has 0 spiro atoms. The Hall–Kier alpha value is -0.940. The fraction of sp³-hybridized carbons (Fsp3) is 0.833. The molecule has 2 unspecified atom stereocenters. The van der Waals surface area contributed by atoms with Gasteiger partial charge in [0, 0.05) is 26.6 Å². The van der Waals surface area contributed by atoms with E-state index >= 15 is 0 Å². The molecule has 1 rings (SSSR count). The maximum atomic E-state index is 5.60. The lowest BCUT2D eigenvalue weighted by molar-refractivity contribution is 0.0329. The van der Waals surface area contributed by atoms with Crippen molar-refractivity contribution in [3.8, 4) is 0 Å². The Bertz CT molecular complexity index is 324. The third-order valence-corrected chi connectivity index (χ3v) is 3.00. The van der Waals surface area contributed by atoms with Crippen LogP contribution in [0.4, 0.5) is 0 Å². The average molecular weight is 240 g/mol. The first-order valence-corrected chi connectivity index (χ1v) is 6.19. The van der Waals surface area contributed by atoms with E-state index in [-0.39, 0.29) is 12.1 Å². The van der Waals surface area contributed by atoms with Gasteiger partial charge in [-0.15, -0.1) is 0 Å². The van der Waals surface area contributed by atoms with Gasteiger partial charge in [-0.3, -0.25) is 4.68 Å². The van der Waals surface area contributed by atoms with Crippen LogP contribution in [-0.2, 0) is 18.2 Å². The van der Waals surface area contributed by atoms with E-state index in [9.17, 15) is 0 Å². The molecule has 2 atom stereocenters. The molecule has 0 aliphatic heterocycles. The van der Waals surface area contributed by atoms with Crippen LogP contribution in [0.1, 0.15) is 26.6 Å². The summed E-state index contributed by atoms with van der Waals surface area (Å²) in [5, 5.41) is 7.57. The Balaban J connectivity index is 2.75. The monoisotopic (exact) mass is 240 g/mol. The minimum atomic E-state index is 0.187. The first-order chi connectivity index (χ1) is 8.10. The third-order valence-electron chi connectivity index (χ3n) is 3.00. The van der Waals surface area contributed by atoms with E-state index in [1.54, 1.807) is 13.4 Å². The molecular formula is C12H24N4O. The Morgan fingerprint density at radius 3 is 2.59 bits per heavy atom. The first-order valence-electron chi connectivity index (χ1n) is 6.19. The summed E-state index contributed by atoms with van der Waals surface area (Å²) in [5.74, 6) is 1.45. The molecule has 1 aromatic heterocycles. The van der Waals surface area contributed by atoms with E-state index in [0.717, 1.165) is 18.8 Å². The SMILES string of the molecule is CCNC(Cc1ncnn1C)C(OC)C(C)C. The third kappa shape index (κ3) is 3.78. The van der Waals surface area contributed by atoms with Crippen molar-refractivity contribution in [1.82, 2.24) is 20.1 Å². The van der Waals surface area contributed by atoms with Crippen LogP contribution in [0.5, 0.6) is 0 Å². The molecule has 1 N–H and O–H groups in total. The van der Waals surface area contributed by atoms with Gasteiger partial charge in [0.2, 0.25) is 0 Å². The number of nitrogens with one attached hydrogen (secondary N) is 1. The zero-order chi connectivity index (χ0) is 12.8. The van der Waals surface area contributed by atoms with E-state index in [1.165, 1.54) is 0 Å². The summed E-state index contributed by atoms with van der Waals surface area (Å²) in [4.78, 5) is 4.27. The molecule has 5 heteroatoms. The van der Waals surface area contributed by atoms with Crippen molar-refractivity contribution in [2.24, 2.45) is 13.0 Å². The van der Waals surface area contributed by atoms with Crippen LogP contribution in [0.3, 0.4) is 0 Å². The fourth-order valence-electron chi connectivity index (χ4n) is 2.17. The van der Waals surface area contributed by atoms with Crippen molar-refractivity contribution in [2.75, 3.05) is 13.7 Å². The molecule has 0 amide bonds. The second-order valence-corrected chi connectivity index (χ2v) is 4.61. The van der Waals surface area contributed by atoms with Crippen molar-refractivity contribution in [1.29, 1.82) is 0 Å². The second kappa shape index (κ2) is 6.71. The molecule has 0 fully saturated rings. The number of methoxy groups -OCH3 is 1. The standard InChI is InChI=1S/C12H24N4O/c1-6-13-10(12(17-5)9(2)3)7-11-14-8-15-16(11)4/h8-10,12-13H,6-7H2,1-5H3. The predicted octanol–water partition coefficient (Wildman–Crippen LogP) is 1.01. The Kier molecular flexibility index (Phi) is 5.58. The van der Waals surface area contributed by atoms with Crippen LogP contribution in [0.2, 0.25) is 0 Å². The summed E-state index contributed by atoms with van der Waals surface area (Å²) < 4.78 is 7.41. The molecule has 98 valence electrons. The molecule has 0 saturated heterocycles. The molecule has 0 saturated carbocycles. The predicted molar refractivity (Wildman–Crippen MR) is 67.8 cm³/mol. The van der Waals surface area contributed by atoms with Gasteiger partial charge >= 0.3 is 0 Å². The lowest BCUT2D eigenvalue weighted by Gasteiger charge is -2.29. The first kappa shape index (κ1) is 14.1. The summed E-state index contributed by atoms with van der Waals surface area (Å²) in [6.07, 6.45) is 2.61. The molecule has 0 aliphatic rings. The lowest BCUT2D eigenvalue weighted by Crippen LogP contribution is -2.45. The number of nitrogens with zero attached hydrogens (tertiary/aromatic N) is 3. The van der Waals surface area contributed by atoms with Crippen molar-refractivity contribution < 1.29 is 4.74 Å². The Morgan fingerprint density at radius 2 is 2.18 bits per heavy atom. The highest BCUT2D eigenvalue weighted by Crippen LogP contribution is 2.13. The highest BCUT2D eigenvalue weighted by molar-refractivity contribution is 4.93. The van der Waals surface area contributed by atoms with Gasteiger partial charge in [0.25, 0.3) is 0 Å². The van der Waals surface area contributed by atoms with E-state index in [2.05, 4.69) is 36.2 Å². The topological polar surface area (TPSA) is 52.0 Å². The Morgan fingerprint density at radius 1 is 1.47 bits per heavy atom. The smallest absolute Gasteiger partial charge is 0.138 e. The van der Waals surface area contributed by atoms with Crippen molar-refractivity contribution >= 4 is 0 Å². The van der Waals surface area contributed by atoms with Crippen molar-refractivity contribution in [3.05, 3.63) is 12.2 Å². The van der Waals surface area contributed by atoms with E-state index in [0.29, 0.717) is 5.92 Å². The zero-order valence-electron chi connectivity index (χ0n) is 11.5. The van der Waals surface area contributed by atoms with E-state index < -0.39 is 0 Å². The van der Waals surface area contributed by atoms with Gasteiger partial charge in [-0.1, -0.05) is 20.8 Å². The molecule has 0 aliphatic carbocycles. The molecule has 1 aromatic rings. The number of hydrogen-bond donors (Lipinski definition) is 1. The molecule has 1 heterocycles. The fourth-order valence-corrected chi connectivity index (χ4v) is 2.17. The summed E-state index contributed by atoms with van der Waals surface area (Å²) in [6.45, 7) is 7.39. The van der Waals surface area contributed by atoms with Crippen LogP contribution < -0.4 is 5.32 Å². The summed E-state index contributed by atoms with van der Waals surface area (Å²) >= 11 is 0. The lowest BCUT2D eigenvalue weighted by atomic mass is 9.96. The average Bonchev–Trinajstić information content (AvgIpc) is 2.65. The molecular weight excluding hydrogens is 216 g/mol. The number of aromatic nitrogens is 3. The van der Waals surface area contributed by atoms with Gasteiger partial charge in [0.05, 0.1) is 6.10 Å². The number of ether oxygens (including phenoxy) is 1. The normalized spacial score (nSPS) is 15.2. The summed E-state index contributed by atoms with van der Waals surface area (Å²) in [5.41, 5.74) is 0. The number of aryl methyl sites for hydroxylation is 1. The zero-order valence-corrected chi connectivity index (χ0v) is 11.5. The van der Waals surface area contributed by atoms with Gasteiger partial charge in [-0.2, -0.15) is 5.10 Å². The molecule has 17 heavy (non-hydrogen) atoms. The molecule has 0 aromatic carbocycles. The van der Waals surface area contributed by atoms with E-state index in [4.69, 9.17) is 4.74 Å². The minimum absolute atomic E-state index is 0.187. The molecule has 0 radical (unpaired) electrons. The maximum absolute atomic E-state index is 5.60. The quantitative estimate of drug-likeness (QED) is 0.772. The second-order valence-electron chi connectivity index (χ2n) is 4.61. The van der Waals surface area contributed by atoms with Crippen LogP contribution in [0.15, 0.2) is 6.33 Å². The summed E-state index contributed by atoms with van der Waals surface area (Å²) in [6, 6.07) is 0.271. The maximum Gasteiger partial charge on any atom is 0.138 e. The van der Waals surface area contributed by atoms with Crippen LogP contribution >= 0.6 is 0 Å². The van der Waals surface area contributed by atoms with Crippen molar-refractivity contribution in [2.45, 2.75) is 39.3 Å². The van der Waals surface area contributed by atoms with Gasteiger partial charge < -0.3 is 10.1 Å². The van der Waals surface area contributed by atoms with Crippen LogP contribution in [0.25, 0.3) is 0 Å². The largest absolute Gasteiger partial charge is 0.380 e. The minimum Gasteiger partial charge on any atom is -0.380 e. The number of likely N-dealkylation sites (N-methyl/N-ethyl adjacent to an activating group) is 1. The number of hydrogen-bond acceptors (Lipinski definition) is 4. The Labute approximate surface area is 104 Å². The number of rotatable bonds is 7. The molecule has 0 bridgehead atoms. The van der Waals surface area contributed by atoms with Crippen LogP contribution in [-0.4, -0.2) is 40.6 Å². The van der Waals surface area contributed by atoms with Gasteiger partial charge in [-0.05, 0) is 12.5 Å². The summed E-state index contributed by atoms with van der Waals surface area (Å²) in [7, 11) is 3.69. The van der Waals surface area contributed by atoms with Gasteiger partial charge in [-0.25, -0.2) is 4.98 Å². The van der Waals surface area contributed by atoms with Crippen LogP contribution in [0, 0.1) is 5.92 Å².